The van der Waals surface area contributed by atoms with E-state index >= 15 is 0 Å². The van der Waals surface area contributed by atoms with Gasteiger partial charge in [-0.1, -0.05) is 44.2 Å². The smallest absolute Gasteiger partial charge is 0.331 e. The lowest BCUT2D eigenvalue weighted by molar-refractivity contribution is -0.355. The highest BCUT2D eigenvalue weighted by Gasteiger charge is 2.81. The molecule has 0 aromatic heterocycles. The molecule has 9 rings (SSSR count). The first-order valence-corrected chi connectivity index (χ1v) is 28.1. The van der Waals surface area contributed by atoms with Crippen molar-refractivity contribution in [3.63, 3.8) is 0 Å². The van der Waals surface area contributed by atoms with Crippen LogP contribution in [0.15, 0.2) is 36.4 Å². The molecule has 0 bridgehead atoms. The van der Waals surface area contributed by atoms with Gasteiger partial charge in [-0.3, -0.25) is 0 Å². The van der Waals surface area contributed by atoms with Crippen molar-refractivity contribution in [2.75, 3.05) is 21.3 Å². The van der Waals surface area contributed by atoms with Gasteiger partial charge in [-0.25, -0.2) is 4.79 Å². The summed E-state index contributed by atoms with van der Waals surface area (Å²) in [6.07, 6.45) is -8.52. The molecule has 20 heteroatoms. The third-order valence-electron chi connectivity index (χ3n) is 20.1. The van der Waals surface area contributed by atoms with Crippen LogP contribution in [0.3, 0.4) is 0 Å². The summed E-state index contributed by atoms with van der Waals surface area (Å²) >= 11 is 0. The fourth-order valence-electron chi connectivity index (χ4n) is 15.6. The number of hydrogen-bond donors (Lipinski definition) is 7. The van der Waals surface area contributed by atoms with Gasteiger partial charge in [-0.05, 0) is 115 Å². The minimum absolute atomic E-state index is 0.0235. The molecular formula is C57H88O20. The molecule has 1 aromatic rings. The van der Waals surface area contributed by atoms with Gasteiger partial charge in [-0.15, -0.1) is 0 Å². The van der Waals surface area contributed by atoms with E-state index in [9.17, 15) is 40.5 Å². The molecule has 4 saturated heterocycles. The van der Waals surface area contributed by atoms with Crippen LogP contribution < -0.4 is 0 Å². The molecule has 20 nitrogen and oxygen atoms in total. The van der Waals surface area contributed by atoms with Crippen molar-refractivity contribution in [3.8, 4) is 0 Å². The van der Waals surface area contributed by atoms with Crippen molar-refractivity contribution in [1.82, 2.24) is 0 Å². The van der Waals surface area contributed by atoms with Crippen molar-refractivity contribution < 1.29 is 97.4 Å². The summed E-state index contributed by atoms with van der Waals surface area (Å²) in [4.78, 5) is 13.6. The Morgan fingerprint density at radius 3 is 1.87 bits per heavy atom. The Bertz CT molecular complexity index is 2160. The highest BCUT2D eigenvalue weighted by atomic mass is 16.8. The highest BCUT2D eigenvalue weighted by Crippen LogP contribution is 2.72. The summed E-state index contributed by atoms with van der Waals surface area (Å²) in [5.74, 6) is -1.06. The predicted molar refractivity (Wildman–Crippen MR) is 273 cm³/mol. The molecule has 4 aliphatic heterocycles. The molecule has 4 aliphatic carbocycles. The quantitative estimate of drug-likeness (QED) is 0.0753. The number of carbonyl (C=O) groups excluding carboxylic acids is 1. The summed E-state index contributed by atoms with van der Waals surface area (Å²) in [6, 6.07) is 9.34. The van der Waals surface area contributed by atoms with Gasteiger partial charge >= 0.3 is 5.97 Å². The molecule has 27 atom stereocenters. The second-order valence-electron chi connectivity index (χ2n) is 24.1. The van der Waals surface area contributed by atoms with Gasteiger partial charge in [0, 0.05) is 46.7 Å². The van der Waals surface area contributed by atoms with E-state index < -0.39 is 156 Å². The van der Waals surface area contributed by atoms with Gasteiger partial charge in [0.15, 0.2) is 25.2 Å². The van der Waals surface area contributed by atoms with Gasteiger partial charge in [-0.2, -0.15) is 0 Å². The van der Waals surface area contributed by atoms with Gasteiger partial charge in [0.05, 0.1) is 66.0 Å². The number of aliphatic hydroxyl groups excluding tert-OH is 4. The Kier molecular flexibility index (Phi) is 17.8. The number of rotatable bonds is 15. The van der Waals surface area contributed by atoms with E-state index in [1.807, 2.05) is 37.3 Å². The summed E-state index contributed by atoms with van der Waals surface area (Å²) in [5.41, 5.74) is -6.64. The molecule has 0 amide bonds. The molecule has 27 unspecified atom stereocenters. The zero-order valence-electron chi connectivity index (χ0n) is 46.5. The van der Waals surface area contributed by atoms with E-state index in [4.69, 9.17) is 56.8 Å². The second-order valence-corrected chi connectivity index (χ2v) is 24.1. The van der Waals surface area contributed by atoms with Crippen molar-refractivity contribution in [2.45, 2.75) is 259 Å². The minimum Gasteiger partial charge on any atom is -0.458 e. The molecule has 8 fully saturated rings. The van der Waals surface area contributed by atoms with Crippen molar-refractivity contribution in [3.05, 3.63) is 42.0 Å². The lowest BCUT2D eigenvalue weighted by Gasteiger charge is -2.69. The summed E-state index contributed by atoms with van der Waals surface area (Å²) in [7, 11) is 4.57. The first kappa shape index (κ1) is 59.3. The maximum absolute atomic E-state index is 13.6. The summed E-state index contributed by atoms with van der Waals surface area (Å²) in [5, 5.41) is 82.3. The van der Waals surface area contributed by atoms with E-state index in [1.165, 1.54) is 20.1 Å². The second kappa shape index (κ2) is 23.2. The number of carbonyl (C=O) groups is 1. The average Bonchev–Trinajstić information content (AvgIpc) is 3.95. The monoisotopic (exact) mass is 1090 g/mol. The zero-order chi connectivity index (χ0) is 55.6. The number of hydrogen-bond acceptors (Lipinski definition) is 20. The summed E-state index contributed by atoms with van der Waals surface area (Å²) in [6.45, 7) is 12.5. The maximum Gasteiger partial charge on any atom is 0.331 e. The Balaban J connectivity index is 0.792. The Morgan fingerprint density at radius 2 is 1.26 bits per heavy atom. The third-order valence-corrected chi connectivity index (χ3v) is 20.1. The predicted octanol–water partition coefficient (Wildman–Crippen LogP) is 3.42. The lowest BCUT2D eigenvalue weighted by atomic mass is 9.40. The molecule has 77 heavy (non-hydrogen) atoms. The molecule has 7 N–H and O–H groups in total. The van der Waals surface area contributed by atoms with Crippen molar-refractivity contribution >= 4 is 12.0 Å². The van der Waals surface area contributed by atoms with E-state index in [0.717, 1.165) is 5.56 Å². The molecule has 0 radical (unpaired) electrons. The molecule has 1 aromatic carbocycles. The zero-order valence-corrected chi connectivity index (χ0v) is 46.5. The molecule has 8 aliphatic rings. The third kappa shape index (κ3) is 10.6. The van der Waals surface area contributed by atoms with Crippen molar-refractivity contribution in [2.24, 2.45) is 22.7 Å². The average molecular weight is 1090 g/mol. The Labute approximate surface area is 452 Å². The SMILES string of the molecule is COC1CC(OC2CCC3(C)C(CCC4(O)C3CC(OC(=O)C=Cc3ccccc3)C3(C)C(O)(C(C)O)CCC43O)C2)OC(C)C1OC1CC(O)C(OC2CC(OC)C(OC3OC(C)C(O)C(OC)C3O)C(C)O2)C(C)O1. The highest BCUT2D eigenvalue weighted by molar-refractivity contribution is 5.87. The molecule has 4 heterocycles. The van der Waals surface area contributed by atoms with E-state index in [0.29, 0.717) is 32.1 Å². The Hall–Kier alpha value is -2.29. The largest absolute Gasteiger partial charge is 0.458 e. The number of aliphatic hydroxyl groups is 7. The number of methoxy groups -OCH3 is 3. The molecule has 436 valence electrons. The van der Waals surface area contributed by atoms with Crippen LogP contribution in [-0.2, 0) is 61.6 Å². The van der Waals surface area contributed by atoms with Crippen LogP contribution in [0.4, 0.5) is 0 Å². The number of fused-ring (bicyclic) bond motifs is 5. The van der Waals surface area contributed by atoms with Gasteiger partial charge < -0.3 is 92.6 Å². The van der Waals surface area contributed by atoms with Crippen LogP contribution in [0, 0.1) is 22.7 Å². The number of benzene rings is 1. The van der Waals surface area contributed by atoms with E-state index in [1.54, 1.807) is 48.0 Å². The first-order chi connectivity index (χ1) is 36.4. The van der Waals surface area contributed by atoms with Crippen molar-refractivity contribution in [1.29, 1.82) is 0 Å². The van der Waals surface area contributed by atoms with Crippen LogP contribution in [-0.4, -0.2) is 203 Å². The molecular weight excluding hydrogens is 1000 g/mol. The first-order valence-electron chi connectivity index (χ1n) is 28.1. The van der Waals surface area contributed by atoms with Gasteiger partial charge in [0.25, 0.3) is 0 Å². The molecule has 4 saturated carbocycles. The number of esters is 1. The fourth-order valence-corrected chi connectivity index (χ4v) is 15.6. The van der Waals surface area contributed by atoms with Crippen LogP contribution in [0.2, 0.25) is 0 Å². The van der Waals surface area contributed by atoms with Crippen LogP contribution >= 0.6 is 0 Å². The standard InChI is InChI=1S/C57H88O20/c1-29-46(61)51(68-10)47(62)52(72-29)77-50-32(4)71-45(27-39(50)67-9)75-48-30(2)69-43(25-37(48)59)76-49-31(3)70-44(26-38(49)66-8)73-36-19-20-53(6)35(24-36)18-21-56(64)40(53)28-41(74-42(60)17-16-34-14-12-11-13-15-34)54(7)55(63,33(5)58)22-23-57(54,56)65/h11-17,29-33,35-41,43-52,58-59,61-65H,18-28H2,1-10H3. The van der Waals surface area contributed by atoms with Crippen LogP contribution in [0.5, 0.6) is 0 Å². The summed E-state index contributed by atoms with van der Waals surface area (Å²) < 4.78 is 74.3. The normalized spacial score (nSPS) is 50.6. The minimum atomic E-state index is -1.88. The van der Waals surface area contributed by atoms with Crippen LogP contribution in [0.1, 0.15) is 125 Å². The Morgan fingerprint density at radius 1 is 0.662 bits per heavy atom. The molecule has 0 spiro atoms. The van der Waals surface area contributed by atoms with E-state index in [-0.39, 0.29) is 50.5 Å². The maximum atomic E-state index is 13.6. The number of ether oxygens (including phenoxy) is 12. The van der Waals surface area contributed by atoms with E-state index in [2.05, 4.69) is 6.92 Å². The lowest BCUT2D eigenvalue weighted by Crippen LogP contribution is -2.79. The van der Waals surface area contributed by atoms with Gasteiger partial charge in [0.1, 0.15) is 53.9 Å². The topological polar surface area (TPSA) is 269 Å². The van der Waals surface area contributed by atoms with Crippen LogP contribution in [0.25, 0.3) is 6.08 Å². The van der Waals surface area contributed by atoms with Gasteiger partial charge in [0.2, 0.25) is 0 Å². The fraction of sp³-hybridized carbons (Fsp3) is 0.842.